The van der Waals surface area contributed by atoms with Crippen molar-refractivity contribution in [2.24, 2.45) is 10.2 Å². The molecule has 0 bridgehead atoms. The average Bonchev–Trinajstić information content (AvgIpc) is 3.22. The molecular weight excluding hydrogens is 352 g/mol. The number of furan rings is 1. The number of hydrogen-bond donors (Lipinski definition) is 2. The van der Waals surface area contributed by atoms with E-state index in [0.29, 0.717) is 10.9 Å². The van der Waals surface area contributed by atoms with Crippen molar-refractivity contribution in [2.75, 3.05) is 5.32 Å². The van der Waals surface area contributed by atoms with Crippen LogP contribution in [-0.2, 0) is 9.59 Å². The summed E-state index contributed by atoms with van der Waals surface area (Å²) in [5.41, 5.74) is 2.87. The molecular formula is C18H18N4O3S. The summed E-state index contributed by atoms with van der Waals surface area (Å²) in [5, 5.41) is 13.1. The van der Waals surface area contributed by atoms with Crippen LogP contribution in [0, 0.1) is 13.8 Å². The SMILES string of the molecule is Cc1cccc(NC(=O)C[C@@H]2S/C(=N/N=C/c3ccco3)NC2=O)c1C. The summed E-state index contributed by atoms with van der Waals surface area (Å²) in [6.07, 6.45) is 3.04. The Bertz CT molecular complexity index is 875. The quantitative estimate of drug-likeness (QED) is 0.625. The Morgan fingerprint density at radius 3 is 2.96 bits per heavy atom. The molecule has 1 aromatic carbocycles. The second-order valence-corrected chi connectivity index (χ2v) is 6.95. The van der Waals surface area contributed by atoms with Crippen LogP contribution in [0.3, 0.4) is 0 Å². The van der Waals surface area contributed by atoms with Crippen molar-refractivity contribution in [1.82, 2.24) is 5.32 Å². The van der Waals surface area contributed by atoms with Gasteiger partial charge in [0.15, 0.2) is 5.17 Å². The second kappa shape index (κ2) is 8.01. The van der Waals surface area contributed by atoms with E-state index in [-0.39, 0.29) is 18.2 Å². The monoisotopic (exact) mass is 370 g/mol. The number of nitrogens with zero attached hydrogens (tertiary/aromatic N) is 2. The number of carbonyl (C=O) groups is 2. The van der Waals surface area contributed by atoms with Gasteiger partial charge >= 0.3 is 0 Å². The smallest absolute Gasteiger partial charge is 0.240 e. The number of aryl methyl sites for hydroxylation is 1. The van der Waals surface area contributed by atoms with Crippen molar-refractivity contribution < 1.29 is 14.0 Å². The first-order valence-electron chi connectivity index (χ1n) is 8.01. The fourth-order valence-electron chi connectivity index (χ4n) is 2.35. The number of hydrogen-bond acceptors (Lipinski definition) is 6. The van der Waals surface area contributed by atoms with E-state index in [1.54, 1.807) is 12.1 Å². The summed E-state index contributed by atoms with van der Waals surface area (Å²) in [6, 6.07) is 9.20. The summed E-state index contributed by atoms with van der Waals surface area (Å²) in [4.78, 5) is 24.3. The fraction of sp³-hybridized carbons (Fsp3) is 0.222. The van der Waals surface area contributed by atoms with Crippen molar-refractivity contribution in [1.29, 1.82) is 0 Å². The normalized spacial score (nSPS) is 18.5. The molecule has 1 aliphatic heterocycles. The minimum atomic E-state index is -0.530. The molecule has 1 atom stereocenters. The van der Waals surface area contributed by atoms with Gasteiger partial charge in [0, 0.05) is 12.1 Å². The molecule has 0 spiro atoms. The molecule has 2 N–H and O–H groups in total. The van der Waals surface area contributed by atoms with Crippen LogP contribution in [0.2, 0.25) is 0 Å². The van der Waals surface area contributed by atoms with E-state index in [9.17, 15) is 9.59 Å². The fourth-order valence-corrected chi connectivity index (χ4v) is 3.27. The molecule has 1 aliphatic rings. The van der Waals surface area contributed by atoms with E-state index in [2.05, 4.69) is 20.8 Å². The van der Waals surface area contributed by atoms with Gasteiger partial charge in [0.05, 0.1) is 12.5 Å². The summed E-state index contributed by atoms with van der Waals surface area (Å²) < 4.78 is 5.10. The largest absolute Gasteiger partial charge is 0.463 e. The summed E-state index contributed by atoms with van der Waals surface area (Å²) in [5.74, 6) is 0.0953. The Hall–Kier alpha value is -2.87. The Morgan fingerprint density at radius 2 is 2.19 bits per heavy atom. The summed E-state index contributed by atoms with van der Waals surface area (Å²) in [6.45, 7) is 3.93. The molecule has 1 aromatic heterocycles. The minimum absolute atomic E-state index is 0.0603. The van der Waals surface area contributed by atoms with Crippen LogP contribution in [0.15, 0.2) is 51.2 Å². The van der Waals surface area contributed by atoms with Gasteiger partial charge in [-0.25, -0.2) is 0 Å². The zero-order chi connectivity index (χ0) is 18.5. The Labute approximate surface area is 155 Å². The van der Waals surface area contributed by atoms with Crippen molar-refractivity contribution in [2.45, 2.75) is 25.5 Å². The molecule has 0 unspecified atom stereocenters. The topological polar surface area (TPSA) is 96.1 Å². The van der Waals surface area contributed by atoms with Crippen LogP contribution in [0.4, 0.5) is 5.69 Å². The van der Waals surface area contributed by atoms with Gasteiger partial charge in [0.25, 0.3) is 0 Å². The molecule has 3 rings (SSSR count). The van der Waals surface area contributed by atoms with Crippen molar-refractivity contribution in [3.05, 3.63) is 53.5 Å². The van der Waals surface area contributed by atoms with E-state index in [0.717, 1.165) is 16.8 Å². The predicted molar refractivity (Wildman–Crippen MR) is 102 cm³/mol. The van der Waals surface area contributed by atoms with E-state index in [4.69, 9.17) is 4.42 Å². The number of benzene rings is 1. The van der Waals surface area contributed by atoms with Gasteiger partial charge in [0.1, 0.15) is 11.0 Å². The van der Waals surface area contributed by atoms with Gasteiger partial charge < -0.3 is 15.1 Å². The third-order valence-electron chi connectivity index (χ3n) is 3.90. The first-order valence-corrected chi connectivity index (χ1v) is 8.89. The zero-order valence-corrected chi connectivity index (χ0v) is 15.2. The van der Waals surface area contributed by atoms with Gasteiger partial charge in [-0.1, -0.05) is 23.9 Å². The second-order valence-electron chi connectivity index (χ2n) is 5.76. The van der Waals surface area contributed by atoms with Gasteiger partial charge in [-0.2, -0.15) is 5.10 Å². The van der Waals surface area contributed by atoms with Gasteiger partial charge in [-0.15, -0.1) is 5.10 Å². The number of rotatable bonds is 5. The molecule has 0 radical (unpaired) electrons. The van der Waals surface area contributed by atoms with Crippen molar-refractivity contribution >= 4 is 40.6 Å². The average molecular weight is 370 g/mol. The van der Waals surface area contributed by atoms with Crippen LogP contribution >= 0.6 is 11.8 Å². The highest BCUT2D eigenvalue weighted by atomic mass is 32.2. The van der Waals surface area contributed by atoms with E-state index < -0.39 is 5.25 Å². The number of anilines is 1. The lowest BCUT2D eigenvalue weighted by atomic mass is 10.1. The van der Waals surface area contributed by atoms with Crippen LogP contribution in [0.1, 0.15) is 23.3 Å². The van der Waals surface area contributed by atoms with Crippen LogP contribution < -0.4 is 10.6 Å². The summed E-state index contributed by atoms with van der Waals surface area (Å²) in [7, 11) is 0. The lowest BCUT2D eigenvalue weighted by Crippen LogP contribution is -2.28. The molecule has 2 heterocycles. The van der Waals surface area contributed by atoms with Crippen LogP contribution in [0.5, 0.6) is 0 Å². The number of amides is 2. The Balaban J connectivity index is 1.57. The highest BCUT2D eigenvalue weighted by molar-refractivity contribution is 8.15. The van der Waals surface area contributed by atoms with E-state index in [1.165, 1.54) is 24.2 Å². The number of carbonyl (C=O) groups excluding carboxylic acids is 2. The number of amidine groups is 1. The van der Waals surface area contributed by atoms with Gasteiger partial charge in [0.2, 0.25) is 11.8 Å². The third-order valence-corrected chi connectivity index (χ3v) is 4.97. The van der Waals surface area contributed by atoms with E-state index >= 15 is 0 Å². The number of nitrogens with one attached hydrogen (secondary N) is 2. The summed E-state index contributed by atoms with van der Waals surface area (Å²) >= 11 is 1.19. The molecule has 2 amide bonds. The molecule has 134 valence electrons. The molecule has 0 saturated carbocycles. The number of thioether (sulfide) groups is 1. The first-order chi connectivity index (χ1) is 12.5. The van der Waals surface area contributed by atoms with E-state index in [1.807, 2.05) is 32.0 Å². The Morgan fingerprint density at radius 1 is 1.35 bits per heavy atom. The first kappa shape index (κ1) is 17.9. The van der Waals surface area contributed by atoms with Crippen molar-refractivity contribution in [3.63, 3.8) is 0 Å². The van der Waals surface area contributed by atoms with Crippen LogP contribution in [-0.4, -0.2) is 28.4 Å². The molecule has 0 aliphatic carbocycles. The highest BCUT2D eigenvalue weighted by Gasteiger charge is 2.32. The molecule has 2 aromatic rings. The minimum Gasteiger partial charge on any atom is -0.463 e. The third kappa shape index (κ3) is 4.40. The maximum absolute atomic E-state index is 12.3. The van der Waals surface area contributed by atoms with Gasteiger partial charge in [-0.3, -0.25) is 9.59 Å². The molecule has 7 nitrogen and oxygen atoms in total. The highest BCUT2D eigenvalue weighted by Crippen LogP contribution is 2.24. The lowest BCUT2D eigenvalue weighted by molar-refractivity contribution is -0.122. The lowest BCUT2D eigenvalue weighted by Gasteiger charge is -2.11. The standard InChI is InChI=1S/C18H18N4O3S/c1-11-5-3-7-14(12(11)2)20-16(23)9-15-17(24)21-18(26-15)22-19-10-13-6-4-8-25-13/h3-8,10,15H,9H2,1-2H3,(H,20,23)(H,21,22,24)/b19-10+/t15-/m0/s1. The molecule has 26 heavy (non-hydrogen) atoms. The molecule has 8 heteroatoms. The predicted octanol–water partition coefficient (Wildman–Crippen LogP) is 2.85. The molecule has 1 saturated heterocycles. The maximum Gasteiger partial charge on any atom is 0.240 e. The maximum atomic E-state index is 12.3. The van der Waals surface area contributed by atoms with Crippen molar-refractivity contribution in [3.8, 4) is 0 Å². The zero-order valence-electron chi connectivity index (χ0n) is 14.4. The Kier molecular flexibility index (Phi) is 5.52. The van der Waals surface area contributed by atoms with Crippen LogP contribution in [0.25, 0.3) is 0 Å². The van der Waals surface area contributed by atoms with Gasteiger partial charge in [-0.05, 0) is 43.2 Å². The molecule has 1 fully saturated rings.